The Labute approximate surface area is 193 Å². The monoisotopic (exact) mass is 464 g/mol. The summed E-state index contributed by atoms with van der Waals surface area (Å²) in [6.07, 6.45) is -0.303. The van der Waals surface area contributed by atoms with Gasteiger partial charge in [-0.1, -0.05) is 0 Å². The van der Waals surface area contributed by atoms with E-state index in [0.717, 1.165) is 4.90 Å². The Bertz CT molecular complexity index is 1330. The van der Waals surface area contributed by atoms with Gasteiger partial charge in [-0.15, -0.1) is 0 Å². The predicted octanol–water partition coefficient (Wildman–Crippen LogP) is 3.37. The summed E-state index contributed by atoms with van der Waals surface area (Å²) in [4.78, 5) is 60.9. The molecule has 174 valence electrons. The third-order valence-corrected chi connectivity index (χ3v) is 5.12. The molecule has 1 N–H and O–H groups in total. The molecule has 0 unspecified atom stereocenters. The highest BCUT2D eigenvalue weighted by Gasteiger charge is 2.30. The van der Waals surface area contributed by atoms with Crippen molar-refractivity contribution in [2.75, 3.05) is 16.8 Å². The second-order valence-electron chi connectivity index (χ2n) is 7.39. The molecule has 10 nitrogen and oxygen atoms in total. The fourth-order valence-corrected chi connectivity index (χ4v) is 3.55. The lowest BCUT2D eigenvalue weighted by Gasteiger charge is -2.14. The minimum Gasteiger partial charge on any atom is -0.457 e. The van der Waals surface area contributed by atoms with E-state index in [9.17, 15) is 24.0 Å². The molecule has 2 heterocycles. The lowest BCUT2D eigenvalue weighted by Crippen LogP contribution is -2.28. The fourth-order valence-electron chi connectivity index (χ4n) is 3.55. The standard InChI is InChI=1S/C24H20N2O8/c1-2-32-24(31)25-16-5-8-18-15(11-22(29)34-19(18)12-16)13-33-23(30)14-3-6-17(7-4-14)26-20(27)9-10-21(26)28/h3-8,11-12H,2,9-10,13H2,1H3,(H,25,31). The molecule has 0 bridgehead atoms. The Balaban J connectivity index is 1.48. The first kappa shape index (κ1) is 22.7. The number of esters is 1. The fraction of sp³-hybridized carbons (Fsp3) is 0.208. The number of carbonyl (C=O) groups excluding carboxylic acids is 4. The maximum Gasteiger partial charge on any atom is 0.411 e. The lowest BCUT2D eigenvalue weighted by molar-refractivity contribution is -0.121. The summed E-state index contributed by atoms with van der Waals surface area (Å²) in [5.41, 5.74) is 0.970. The molecule has 3 aromatic rings. The van der Waals surface area contributed by atoms with Gasteiger partial charge < -0.3 is 13.9 Å². The van der Waals surface area contributed by atoms with Crippen LogP contribution in [0.1, 0.15) is 35.7 Å². The maximum atomic E-state index is 12.5. The Kier molecular flexibility index (Phi) is 6.39. The molecular formula is C24H20N2O8. The molecule has 1 saturated heterocycles. The van der Waals surface area contributed by atoms with Crippen molar-refractivity contribution in [1.29, 1.82) is 0 Å². The largest absolute Gasteiger partial charge is 0.457 e. The quantitative estimate of drug-likeness (QED) is 0.334. The van der Waals surface area contributed by atoms with Crippen molar-refractivity contribution >= 4 is 46.2 Å². The average Bonchev–Trinajstić information content (AvgIpc) is 3.15. The molecule has 34 heavy (non-hydrogen) atoms. The van der Waals surface area contributed by atoms with Crippen LogP contribution in [0.4, 0.5) is 16.2 Å². The molecule has 0 spiro atoms. The van der Waals surface area contributed by atoms with Crippen molar-refractivity contribution in [3.8, 4) is 0 Å². The van der Waals surface area contributed by atoms with E-state index in [2.05, 4.69) is 5.32 Å². The highest BCUT2D eigenvalue weighted by atomic mass is 16.5. The molecule has 0 saturated carbocycles. The van der Waals surface area contributed by atoms with Crippen LogP contribution in [0.5, 0.6) is 0 Å². The number of carbonyl (C=O) groups is 4. The van der Waals surface area contributed by atoms with Crippen LogP contribution in [0.3, 0.4) is 0 Å². The average molecular weight is 464 g/mol. The second-order valence-corrected chi connectivity index (χ2v) is 7.39. The molecule has 1 aliphatic heterocycles. The van der Waals surface area contributed by atoms with Crippen LogP contribution in [0.15, 0.2) is 57.7 Å². The molecule has 4 rings (SSSR count). The van der Waals surface area contributed by atoms with E-state index in [0.29, 0.717) is 22.3 Å². The van der Waals surface area contributed by atoms with Gasteiger partial charge in [0.25, 0.3) is 0 Å². The van der Waals surface area contributed by atoms with Gasteiger partial charge >= 0.3 is 17.7 Å². The van der Waals surface area contributed by atoms with Crippen LogP contribution in [0, 0.1) is 0 Å². The first-order valence-electron chi connectivity index (χ1n) is 10.5. The van der Waals surface area contributed by atoms with E-state index in [1.807, 2.05) is 0 Å². The molecule has 3 amide bonds. The Hall–Kier alpha value is -4.47. The van der Waals surface area contributed by atoms with Crippen LogP contribution in [0.2, 0.25) is 0 Å². The first-order valence-corrected chi connectivity index (χ1v) is 10.5. The lowest BCUT2D eigenvalue weighted by atomic mass is 10.1. The molecule has 1 aliphatic rings. The molecule has 0 atom stereocenters. The molecule has 0 radical (unpaired) electrons. The summed E-state index contributed by atoms with van der Waals surface area (Å²) in [7, 11) is 0. The van der Waals surface area contributed by atoms with Gasteiger partial charge in [0.15, 0.2) is 0 Å². The van der Waals surface area contributed by atoms with Crippen molar-refractivity contribution < 1.29 is 33.1 Å². The van der Waals surface area contributed by atoms with Gasteiger partial charge in [0.1, 0.15) is 12.2 Å². The van der Waals surface area contributed by atoms with E-state index in [-0.39, 0.29) is 49.0 Å². The molecule has 1 aromatic heterocycles. The van der Waals surface area contributed by atoms with Gasteiger partial charge in [0.2, 0.25) is 11.8 Å². The van der Waals surface area contributed by atoms with Crippen molar-refractivity contribution in [1.82, 2.24) is 0 Å². The zero-order valence-electron chi connectivity index (χ0n) is 18.2. The number of hydrogen-bond donors (Lipinski definition) is 1. The molecule has 2 aromatic carbocycles. The Morgan fingerprint density at radius 3 is 2.35 bits per heavy atom. The van der Waals surface area contributed by atoms with Gasteiger partial charge in [-0.3, -0.25) is 19.8 Å². The van der Waals surface area contributed by atoms with Crippen LogP contribution < -0.4 is 15.8 Å². The normalized spacial score (nSPS) is 13.3. The number of hydrogen-bond acceptors (Lipinski definition) is 8. The van der Waals surface area contributed by atoms with Gasteiger partial charge in [-0.05, 0) is 43.3 Å². The number of imide groups is 1. The number of fused-ring (bicyclic) bond motifs is 1. The summed E-state index contributed by atoms with van der Waals surface area (Å²) in [5, 5.41) is 3.05. The summed E-state index contributed by atoms with van der Waals surface area (Å²) < 4.78 is 15.4. The van der Waals surface area contributed by atoms with E-state index in [1.165, 1.54) is 36.4 Å². The number of benzene rings is 2. The van der Waals surface area contributed by atoms with E-state index in [4.69, 9.17) is 13.9 Å². The number of anilines is 2. The molecule has 1 fully saturated rings. The zero-order valence-corrected chi connectivity index (χ0v) is 18.2. The smallest absolute Gasteiger partial charge is 0.411 e. The topological polar surface area (TPSA) is 132 Å². The Morgan fingerprint density at radius 2 is 1.68 bits per heavy atom. The minimum atomic E-state index is -0.646. The predicted molar refractivity (Wildman–Crippen MR) is 120 cm³/mol. The summed E-state index contributed by atoms with van der Waals surface area (Å²) in [6.45, 7) is 1.69. The number of rotatable bonds is 6. The van der Waals surface area contributed by atoms with Crippen LogP contribution >= 0.6 is 0 Å². The molecule has 10 heteroatoms. The summed E-state index contributed by atoms with van der Waals surface area (Å²) in [5.74, 6) is -1.21. The van der Waals surface area contributed by atoms with Crippen LogP contribution in [0.25, 0.3) is 11.0 Å². The highest BCUT2D eigenvalue weighted by molar-refractivity contribution is 6.19. The maximum absolute atomic E-state index is 12.5. The SMILES string of the molecule is CCOC(=O)Nc1ccc2c(COC(=O)c3ccc(N4C(=O)CCC4=O)cc3)cc(=O)oc2c1. The van der Waals surface area contributed by atoms with Crippen molar-refractivity contribution in [2.45, 2.75) is 26.4 Å². The van der Waals surface area contributed by atoms with Crippen LogP contribution in [-0.4, -0.2) is 30.5 Å². The van der Waals surface area contributed by atoms with Crippen LogP contribution in [-0.2, 0) is 25.7 Å². The summed E-state index contributed by atoms with van der Waals surface area (Å²) in [6, 6.07) is 11.8. The molecular weight excluding hydrogens is 444 g/mol. The third-order valence-electron chi connectivity index (χ3n) is 5.12. The molecule has 0 aliphatic carbocycles. The third kappa shape index (κ3) is 4.80. The van der Waals surface area contributed by atoms with Gasteiger partial charge in [0, 0.05) is 41.6 Å². The van der Waals surface area contributed by atoms with E-state index >= 15 is 0 Å². The van der Waals surface area contributed by atoms with Crippen molar-refractivity contribution in [3.05, 3.63) is 70.1 Å². The number of amides is 3. The minimum absolute atomic E-state index is 0.169. The summed E-state index contributed by atoms with van der Waals surface area (Å²) >= 11 is 0. The van der Waals surface area contributed by atoms with Gasteiger partial charge in [-0.25, -0.2) is 14.4 Å². The van der Waals surface area contributed by atoms with E-state index in [1.54, 1.807) is 19.1 Å². The van der Waals surface area contributed by atoms with Gasteiger partial charge in [-0.2, -0.15) is 0 Å². The van der Waals surface area contributed by atoms with E-state index < -0.39 is 17.7 Å². The van der Waals surface area contributed by atoms with Gasteiger partial charge in [0.05, 0.1) is 17.9 Å². The second kappa shape index (κ2) is 9.57. The van der Waals surface area contributed by atoms with Crippen molar-refractivity contribution in [2.24, 2.45) is 0 Å². The Morgan fingerprint density at radius 1 is 0.971 bits per heavy atom. The zero-order chi connectivity index (χ0) is 24.2. The van der Waals surface area contributed by atoms with Crippen molar-refractivity contribution in [3.63, 3.8) is 0 Å². The number of nitrogens with zero attached hydrogens (tertiary/aromatic N) is 1. The number of ether oxygens (including phenoxy) is 2. The first-order chi connectivity index (χ1) is 16.4. The number of nitrogens with one attached hydrogen (secondary N) is 1. The highest BCUT2D eigenvalue weighted by Crippen LogP contribution is 2.24.